The number of halogens is 1. The van der Waals surface area contributed by atoms with Crippen LogP contribution in [0.25, 0.3) is 22.1 Å². The van der Waals surface area contributed by atoms with Crippen LogP contribution < -0.4 is 10.1 Å². The van der Waals surface area contributed by atoms with E-state index < -0.39 is 0 Å². The molecule has 7 nitrogen and oxygen atoms in total. The number of rotatable bonds is 5. The van der Waals surface area contributed by atoms with Crippen LogP contribution in [-0.4, -0.2) is 32.3 Å². The molecule has 0 aliphatic carbocycles. The van der Waals surface area contributed by atoms with Gasteiger partial charge in [-0.15, -0.1) is 0 Å². The van der Waals surface area contributed by atoms with E-state index >= 15 is 0 Å². The molecule has 1 fully saturated rings. The number of benzene rings is 2. The Bertz CT molecular complexity index is 1490. The Balaban J connectivity index is 1.38. The summed E-state index contributed by atoms with van der Waals surface area (Å²) in [6.45, 7) is 0.978. The van der Waals surface area contributed by atoms with E-state index in [4.69, 9.17) is 21.3 Å². The summed E-state index contributed by atoms with van der Waals surface area (Å²) in [5.74, 6) is 1.93. The molecule has 1 aliphatic rings. The molecule has 3 aromatic heterocycles. The summed E-state index contributed by atoms with van der Waals surface area (Å²) in [6.07, 6.45) is 5.57. The Morgan fingerprint density at radius 2 is 1.97 bits per heavy atom. The van der Waals surface area contributed by atoms with Crippen molar-refractivity contribution in [1.82, 2.24) is 25.3 Å². The summed E-state index contributed by atoms with van der Waals surface area (Å²) < 4.78 is 5.83. The number of carbonyl (C=O) groups is 1. The number of fused-ring (bicyclic) bond motifs is 3. The van der Waals surface area contributed by atoms with E-state index in [9.17, 15) is 4.79 Å². The second kappa shape index (κ2) is 8.03. The lowest BCUT2D eigenvalue weighted by Gasteiger charge is -2.08. The normalized spacial score (nSPS) is 16.0. The monoisotopic (exact) mass is 457 g/mol. The van der Waals surface area contributed by atoms with Gasteiger partial charge < -0.3 is 20.0 Å². The first-order valence-electron chi connectivity index (χ1n) is 10.8. The molecular weight excluding hydrogens is 438 g/mol. The number of pyridine rings is 1. The molecule has 4 heterocycles. The van der Waals surface area contributed by atoms with Crippen molar-refractivity contribution in [3.8, 4) is 11.5 Å². The first-order chi connectivity index (χ1) is 16.2. The molecule has 6 rings (SSSR count). The molecule has 1 saturated heterocycles. The van der Waals surface area contributed by atoms with Crippen molar-refractivity contribution in [2.75, 3.05) is 6.54 Å². The van der Waals surface area contributed by atoms with Crippen molar-refractivity contribution >= 4 is 39.5 Å². The molecule has 0 saturated carbocycles. The fourth-order valence-corrected chi connectivity index (χ4v) is 4.60. The maximum Gasteiger partial charge on any atom is 0.196 e. The molecule has 0 spiro atoms. The number of carbonyl (C=O) groups excluding carboxylic acids is 1. The first-order valence-corrected chi connectivity index (χ1v) is 11.2. The number of aromatic nitrogens is 4. The number of nitrogens with one attached hydrogen (secondary N) is 3. The van der Waals surface area contributed by atoms with Gasteiger partial charge in [-0.3, -0.25) is 4.79 Å². The van der Waals surface area contributed by atoms with Gasteiger partial charge in [0.2, 0.25) is 0 Å². The van der Waals surface area contributed by atoms with Crippen molar-refractivity contribution in [3.63, 3.8) is 0 Å². The summed E-state index contributed by atoms with van der Waals surface area (Å²) in [5.41, 5.74) is 3.02. The highest BCUT2D eigenvalue weighted by Crippen LogP contribution is 2.32. The van der Waals surface area contributed by atoms with Gasteiger partial charge in [0.15, 0.2) is 5.78 Å². The zero-order valence-corrected chi connectivity index (χ0v) is 18.3. The highest BCUT2D eigenvalue weighted by Gasteiger charge is 2.24. The summed E-state index contributed by atoms with van der Waals surface area (Å²) in [6, 6.07) is 14.7. The molecule has 33 heavy (non-hydrogen) atoms. The molecule has 164 valence electrons. The van der Waals surface area contributed by atoms with Gasteiger partial charge in [0, 0.05) is 17.8 Å². The average molecular weight is 458 g/mol. The average Bonchev–Trinajstić information content (AvgIpc) is 3.58. The summed E-state index contributed by atoms with van der Waals surface area (Å²) in [7, 11) is 0. The maximum absolute atomic E-state index is 13.5. The highest BCUT2D eigenvalue weighted by molar-refractivity contribution is 6.36. The van der Waals surface area contributed by atoms with E-state index in [0.29, 0.717) is 38.7 Å². The van der Waals surface area contributed by atoms with E-state index in [2.05, 4.69) is 20.3 Å². The van der Waals surface area contributed by atoms with Crippen LogP contribution in [0, 0.1) is 0 Å². The summed E-state index contributed by atoms with van der Waals surface area (Å²) in [4.78, 5) is 29.3. The van der Waals surface area contributed by atoms with Crippen LogP contribution in [0.5, 0.6) is 11.5 Å². The number of para-hydroxylation sites is 1. The predicted octanol–water partition coefficient (Wildman–Crippen LogP) is 5.54. The number of H-pyrrole nitrogens is 2. The number of ether oxygens (including phenoxy) is 1. The minimum absolute atomic E-state index is 0.192. The Kier molecular flexibility index (Phi) is 4.86. The molecule has 1 unspecified atom stereocenters. The van der Waals surface area contributed by atoms with Gasteiger partial charge in [0.25, 0.3) is 0 Å². The molecule has 2 aromatic carbocycles. The predicted molar refractivity (Wildman–Crippen MR) is 127 cm³/mol. The van der Waals surface area contributed by atoms with Crippen molar-refractivity contribution in [2.24, 2.45) is 0 Å². The summed E-state index contributed by atoms with van der Waals surface area (Å²) >= 11 is 6.51. The largest absolute Gasteiger partial charge is 0.457 e. The Morgan fingerprint density at radius 3 is 2.76 bits per heavy atom. The van der Waals surface area contributed by atoms with Gasteiger partial charge in [0.05, 0.1) is 33.7 Å². The molecule has 1 aliphatic heterocycles. The third kappa shape index (κ3) is 3.55. The van der Waals surface area contributed by atoms with E-state index in [1.165, 1.54) is 0 Å². The number of imidazole rings is 1. The second-order valence-corrected chi connectivity index (χ2v) is 8.51. The minimum Gasteiger partial charge on any atom is -0.457 e. The van der Waals surface area contributed by atoms with E-state index in [-0.39, 0.29) is 11.8 Å². The van der Waals surface area contributed by atoms with Crippen LogP contribution >= 0.6 is 11.6 Å². The fraction of sp³-hybridized carbons (Fsp3) is 0.160. The van der Waals surface area contributed by atoms with Crippen LogP contribution in [0.15, 0.2) is 60.9 Å². The van der Waals surface area contributed by atoms with Crippen LogP contribution in [0.1, 0.15) is 40.6 Å². The van der Waals surface area contributed by atoms with Crippen molar-refractivity contribution in [1.29, 1.82) is 0 Å². The first kappa shape index (κ1) is 20.0. The number of hydrogen-bond donors (Lipinski definition) is 3. The Hall–Kier alpha value is -3.68. The lowest BCUT2D eigenvalue weighted by atomic mass is 10.0. The van der Waals surface area contributed by atoms with Crippen LogP contribution in [0.2, 0.25) is 5.02 Å². The molecule has 0 radical (unpaired) electrons. The number of aromatic amines is 2. The highest BCUT2D eigenvalue weighted by atomic mass is 35.5. The number of nitrogens with zero attached hydrogens (tertiary/aromatic N) is 2. The molecule has 0 bridgehead atoms. The second-order valence-electron chi connectivity index (χ2n) is 8.10. The molecule has 5 aromatic rings. The topological polar surface area (TPSA) is 95.7 Å². The number of ketones is 1. The molecular formula is C25H20ClN5O2. The summed E-state index contributed by atoms with van der Waals surface area (Å²) in [5, 5.41) is 4.46. The standard InChI is InChI=1S/C25H20ClN5O2/c26-18-11-15(33-14-5-2-1-3-6-14)8-9-16(18)23(32)17-12-28-25-21(17)22-20(13-29-25)30-24(31-22)19-7-4-10-27-19/h1-3,5-6,8-9,11-13,19,27H,4,7,10H2,(H,28,29)(H,30,31). The SMILES string of the molecule is O=C(c1ccc(Oc2ccccc2)cc1Cl)c1c[nH]c2ncc3[nH]c(C4CCCN4)nc3c12. The maximum atomic E-state index is 13.5. The zero-order chi connectivity index (χ0) is 22.4. The molecule has 1 atom stereocenters. The van der Waals surface area contributed by atoms with Crippen LogP contribution in [-0.2, 0) is 0 Å². The smallest absolute Gasteiger partial charge is 0.196 e. The van der Waals surface area contributed by atoms with E-state index in [1.54, 1.807) is 30.6 Å². The van der Waals surface area contributed by atoms with Gasteiger partial charge in [-0.1, -0.05) is 29.8 Å². The van der Waals surface area contributed by atoms with Crippen molar-refractivity contribution in [3.05, 3.63) is 82.9 Å². The quantitative estimate of drug-likeness (QED) is 0.301. The lowest BCUT2D eigenvalue weighted by molar-refractivity contribution is 0.104. The van der Waals surface area contributed by atoms with Crippen LogP contribution in [0.4, 0.5) is 0 Å². The van der Waals surface area contributed by atoms with Gasteiger partial charge in [-0.2, -0.15) is 0 Å². The minimum atomic E-state index is -0.199. The van der Waals surface area contributed by atoms with Crippen molar-refractivity contribution in [2.45, 2.75) is 18.9 Å². The van der Waals surface area contributed by atoms with Crippen LogP contribution in [0.3, 0.4) is 0 Å². The zero-order valence-electron chi connectivity index (χ0n) is 17.6. The van der Waals surface area contributed by atoms with Crippen molar-refractivity contribution < 1.29 is 9.53 Å². The molecule has 3 N–H and O–H groups in total. The van der Waals surface area contributed by atoms with E-state index in [0.717, 1.165) is 36.2 Å². The Morgan fingerprint density at radius 1 is 1.09 bits per heavy atom. The third-order valence-corrected chi connectivity index (χ3v) is 6.28. The molecule has 8 heteroatoms. The fourth-order valence-electron chi connectivity index (χ4n) is 4.35. The van der Waals surface area contributed by atoms with Gasteiger partial charge in [-0.05, 0) is 43.7 Å². The molecule has 0 amide bonds. The van der Waals surface area contributed by atoms with Gasteiger partial charge in [-0.25, -0.2) is 9.97 Å². The van der Waals surface area contributed by atoms with Gasteiger partial charge in [0.1, 0.15) is 28.5 Å². The third-order valence-electron chi connectivity index (χ3n) is 5.97. The number of hydrogen-bond acceptors (Lipinski definition) is 5. The Labute approximate surface area is 194 Å². The van der Waals surface area contributed by atoms with E-state index in [1.807, 2.05) is 30.3 Å². The van der Waals surface area contributed by atoms with Gasteiger partial charge >= 0.3 is 0 Å². The lowest BCUT2D eigenvalue weighted by Crippen LogP contribution is -2.14.